The minimum Gasteiger partial charge on any atom is -0.486 e. The van der Waals surface area contributed by atoms with Gasteiger partial charge in [-0.2, -0.15) is 0 Å². The summed E-state index contributed by atoms with van der Waals surface area (Å²) in [5, 5.41) is 2.99. The average molecular weight is 359 g/mol. The maximum absolute atomic E-state index is 12.5. The average Bonchev–Trinajstić information content (AvgIpc) is 2.61. The molecule has 0 spiro atoms. The van der Waals surface area contributed by atoms with Crippen molar-refractivity contribution in [2.75, 3.05) is 19.5 Å². The maximum atomic E-state index is 12.5. The summed E-state index contributed by atoms with van der Waals surface area (Å²) in [6, 6.07) is 12.7. The van der Waals surface area contributed by atoms with Crippen LogP contribution >= 0.6 is 0 Å². The van der Waals surface area contributed by atoms with Crippen molar-refractivity contribution in [3.8, 4) is 11.5 Å². The van der Waals surface area contributed by atoms with Gasteiger partial charge in [0.15, 0.2) is 11.5 Å². The molecular formula is C19H21NO4S. The van der Waals surface area contributed by atoms with Crippen molar-refractivity contribution >= 4 is 16.7 Å². The molecule has 0 radical (unpaired) electrons. The van der Waals surface area contributed by atoms with Gasteiger partial charge in [-0.15, -0.1) is 0 Å². The second-order valence-electron chi connectivity index (χ2n) is 6.02. The van der Waals surface area contributed by atoms with E-state index in [4.69, 9.17) is 9.47 Å². The lowest BCUT2D eigenvalue weighted by atomic mass is 10.1. The first-order valence-corrected chi connectivity index (χ1v) is 9.85. The van der Waals surface area contributed by atoms with Crippen LogP contribution in [0, 0.1) is 0 Å². The van der Waals surface area contributed by atoms with Crippen LogP contribution in [0.4, 0.5) is 0 Å². The number of fused-ring (bicyclic) bond motifs is 1. The predicted octanol–water partition coefficient (Wildman–Crippen LogP) is 2.83. The van der Waals surface area contributed by atoms with E-state index in [1.165, 1.54) is 0 Å². The summed E-state index contributed by atoms with van der Waals surface area (Å²) in [7, 11) is -0.937. The van der Waals surface area contributed by atoms with Crippen molar-refractivity contribution in [1.82, 2.24) is 5.32 Å². The topological polar surface area (TPSA) is 64.6 Å². The van der Waals surface area contributed by atoms with Crippen LogP contribution in [0.1, 0.15) is 34.5 Å². The molecule has 0 saturated carbocycles. The van der Waals surface area contributed by atoms with Crippen molar-refractivity contribution < 1.29 is 18.5 Å². The van der Waals surface area contributed by atoms with E-state index < -0.39 is 10.8 Å². The van der Waals surface area contributed by atoms with Gasteiger partial charge in [-0.3, -0.25) is 9.00 Å². The van der Waals surface area contributed by atoms with Crippen molar-refractivity contribution in [1.29, 1.82) is 0 Å². The molecule has 1 heterocycles. The molecule has 2 aromatic rings. The van der Waals surface area contributed by atoms with Crippen LogP contribution in [0.3, 0.4) is 0 Å². The number of ether oxygens (including phenoxy) is 2. The molecule has 5 nitrogen and oxygen atoms in total. The summed E-state index contributed by atoms with van der Waals surface area (Å²) in [4.78, 5) is 12.5. The number of carbonyl (C=O) groups excluding carboxylic acids is 1. The number of carbonyl (C=O) groups is 1. The van der Waals surface area contributed by atoms with Crippen LogP contribution in [0.25, 0.3) is 0 Å². The molecular weight excluding hydrogens is 338 g/mol. The highest BCUT2D eigenvalue weighted by molar-refractivity contribution is 7.83. The molecule has 0 aliphatic carbocycles. The lowest BCUT2D eigenvalue weighted by molar-refractivity contribution is 0.0939. The van der Waals surface area contributed by atoms with Crippen molar-refractivity contribution in [3.05, 3.63) is 59.2 Å². The Balaban J connectivity index is 1.71. The predicted molar refractivity (Wildman–Crippen MR) is 97.5 cm³/mol. The second kappa shape index (κ2) is 7.70. The third kappa shape index (κ3) is 4.39. The monoisotopic (exact) mass is 359 g/mol. The summed E-state index contributed by atoms with van der Waals surface area (Å²) in [5.74, 6) is 1.72. The fourth-order valence-corrected chi connectivity index (χ4v) is 3.38. The van der Waals surface area contributed by atoms with E-state index in [1.54, 1.807) is 18.4 Å². The molecule has 0 bridgehead atoms. The second-order valence-corrected chi connectivity index (χ2v) is 7.45. The Kier molecular flexibility index (Phi) is 5.38. The van der Waals surface area contributed by atoms with Gasteiger partial charge < -0.3 is 14.8 Å². The highest BCUT2D eigenvalue weighted by atomic mass is 32.2. The largest absolute Gasteiger partial charge is 0.486 e. The van der Waals surface area contributed by atoms with Crippen LogP contribution in [-0.4, -0.2) is 29.6 Å². The molecule has 1 amide bonds. The summed E-state index contributed by atoms with van der Waals surface area (Å²) in [6.45, 7) is 3.01. The van der Waals surface area contributed by atoms with E-state index in [0.29, 0.717) is 30.3 Å². The Labute approximate surface area is 149 Å². The first-order chi connectivity index (χ1) is 12.0. The van der Waals surface area contributed by atoms with E-state index in [0.717, 1.165) is 16.9 Å². The molecule has 0 fully saturated rings. The SMILES string of the molecule is CC(NC(=O)c1cccc(CS(C)=O)c1)c1ccc2c(c1)OCCO2. The molecule has 0 saturated heterocycles. The van der Waals surface area contributed by atoms with Crippen molar-refractivity contribution in [2.45, 2.75) is 18.7 Å². The summed E-state index contributed by atoms with van der Waals surface area (Å²) >= 11 is 0. The molecule has 1 N–H and O–H groups in total. The van der Waals surface area contributed by atoms with Gasteiger partial charge in [0.05, 0.1) is 6.04 Å². The zero-order valence-corrected chi connectivity index (χ0v) is 15.1. The molecule has 2 aromatic carbocycles. The Hall–Kier alpha value is -2.34. The third-order valence-corrected chi connectivity index (χ3v) is 4.71. The van der Waals surface area contributed by atoms with Crippen LogP contribution < -0.4 is 14.8 Å². The van der Waals surface area contributed by atoms with Crippen LogP contribution in [0.2, 0.25) is 0 Å². The Morgan fingerprint density at radius 2 is 1.92 bits per heavy atom. The number of nitrogens with one attached hydrogen (secondary N) is 1. The number of rotatable bonds is 5. The number of hydrogen-bond donors (Lipinski definition) is 1. The normalized spacial score (nSPS) is 15.3. The molecule has 0 aromatic heterocycles. The Morgan fingerprint density at radius 1 is 1.16 bits per heavy atom. The van der Waals surface area contributed by atoms with E-state index in [9.17, 15) is 9.00 Å². The minimum atomic E-state index is -0.937. The quantitative estimate of drug-likeness (QED) is 0.892. The van der Waals surface area contributed by atoms with Gasteiger partial charge in [0.25, 0.3) is 5.91 Å². The first-order valence-electron chi connectivity index (χ1n) is 8.12. The van der Waals surface area contributed by atoms with Crippen LogP contribution in [0.5, 0.6) is 11.5 Å². The molecule has 3 rings (SSSR count). The van der Waals surface area contributed by atoms with Gasteiger partial charge >= 0.3 is 0 Å². The highest BCUT2D eigenvalue weighted by Crippen LogP contribution is 2.32. The molecule has 1 aliphatic rings. The minimum absolute atomic E-state index is 0.161. The molecule has 2 atom stereocenters. The van der Waals surface area contributed by atoms with E-state index in [1.807, 2.05) is 37.3 Å². The number of benzene rings is 2. The Bertz CT molecular complexity index is 806. The van der Waals surface area contributed by atoms with Gasteiger partial charge in [0, 0.05) is 28.4 Å². The fraction of sp³-hybridized carbons (Fsp3) is 0.316. The highest BCUT2D eigenvalue weighted by Gasteiger charge is 2.16. The third-order valence-electron chi connectivity index (χ3n) is 3.97. The molecule has 6 heteroatoms. The van der Waals surface area contributed by atoms with Gasteiger partial charge in [0.2, 0.25) is 0 Å². The van der Waals surface area contributed by atoms with Crippen molar-refractivity contribution in [3.63, 3.8) is 0 Å². The maximum Gasteiger partial charge on any atom is 0.251 e. The standard InChI is InChI=1S/C19H21NO4S/c1-13(15-6-7-17-18(11-15)24-9-8-23-17)20-19(21)16-5-3-4-14(10-16)12-25(2)22/h3-7,10-11,13H,8-9,12H2,1-2H3,(H,20,21). The Morgan fingerprint density at radius 3 is 2.68 bits per heavy atom. The van der Waals surface area contributed by atoms with Crippen LogP contribution in [-0.2, 0) is 16.6 Å². The lowest BCUT2D eigenvalue weighted by Gasteiger charge is -2.21. The molecule has 132 valence electrons. The van der Waals surface area contributed by atoms with Gasteiger partial charge in [0.1, 0.15) is 13.2 Å². The number of amides is 1. The molecule has 2 unspecified atom stereocenters. The lowest BCUT2D eigenvalue weighted by Crippen LogP contribution is -2.27. The smallest absolute Gasteiger partial charge is 0.251 e. The fourth-order valence-electron chi connectivity index (χ4n) is 2.73. The van der Waals surface area contributed by atoms with Gasteiger partial charge in [-0.1, -0.05) is 18.2 Å². The van der Waals surface area contributed by atoms with Gasteiger partial charge in [-0.05, 0) is 42.3 Å². The molecule has 1 aliphatic heterocycles. The zero-order chi connectivity index (χ0) is 17.8. The van der Waals surface area contributed by atoms with E-state index in [-0.39, 0.29) is 11.9 Å². The van der Waals surface area contributed by atoms with Gasteiger partial charge in [-0.25, -0.2) is 0 Å². The summed E-state index contributed by atoms with van der Waals surface area (Å²) in [6.07, 6.45) is 1.65. The van der Waals surface area contributed by atoms with Crippen LogP contribution in [0.15, 0.2) is 42.5 Å². The molecule has 25 heavy (non-hydrogen) atoms. The van der Waals surface area contributed by atoms with E-state index >= 15 is 0 Å². The number of hydrogen-bond acceptors (Lipinski definition) is 4. The first kappa shape index (κ1) is 17.5. The summed E-state index contributed by atoms with van der Waals surface area (Å²) < 4.78 is 22.5. The summed E-state index contributed by atoms with van der Waals surface area (Å²) in [5.41, 5.74) is 2.40. The van der Waals surface area contributed by atoms with E-state index in [2.05, 4.69) is 5.32 Å². The zero-order valence-electron chi connectivity index (χ0n) is 14.3. The van der Waals surface area contributed by atoms with Crippen molar-refractivity contribution in [2.24, 2.45) is 0 Å².